The topological polar surface area (TPSA) is 117 Å². The van der Waals surface area contributed by atoms with E-state index in [1.54, 1.807) is 17.0 Å². The highest BCUT2D eigenvalue weighted by Gasteiger charge is 2.33. The molecule has 1 aromatic rings. The highest BCUT2D eigenvalue weighted by molar-refractivity contribution is 5.90. The van der Waals surface area contributed by atoms with Gasteiger partial charge in [0.1, 0.15) is 11.9 Å². The minimum Gasteiger partial charge on any atom is -0.442 e. The fourth-order valence-corrected chi connectivity index (χ4v) is 3.20. The average Bonchev–Trinajstić information content (AvgIpc) is 2.90. The molecular weight excluding hydrogens is 385 g/mol. The van der Waals surface area contributed by atoms with Crippen LogP contribution in [-0.4, -0.2) is 75.0 Å². The molecule has 0 spiro atoms. The third kappa shape index (κ3) is 4.93. The van der Waals surface area contributed by atoms with Crippen LogP contribution in [0.5, 0.6) is 0 Å². The van der Waals surface area contributed by atoms with Crippen molar-refractivity contribution in [3.8, 4) is 0 Å². The van der Waals surface area contributed by atoms with Crippen LogP contribution in [0.3, 0.4) is 0 Å². The first kappa shape index (κ1) is 20.8. The number of nitrogens with one attached hydrogen (secondary N) is 1. The van der Waals surface area contributed by atoms with E-state index < -0.39 is 18.0 Å². The largest absolute Gasteiger partial charge is 0.442 e. The van der Waals surface area contributed by atoms with Crippen LogP contribution in [0.4, 0.5) is 20.6 Å². The Morgan fingerprint density at radius 1 is 1.31 bits per heavy atom. The standard InChI is InChI=1S/C18H24FN5O5/c1-12(25)21-10-14-11-23(18(27)29-14)13-2-3-16(15(19)8-13)22-4-5-24(17(26)9-20)28-7-6-22/h2-3,8,14H,4-7,9-11,20H2,1H3,(H,21,25). The van der Waals surface area contributed by atoms with Crippen molar-refractivity contribution in [1.29, 1.82) is 0 Å². The second-order valence-corrected chi connectivity index (χ2v) is 6.71. The molecule has 0 aromatic heterocycles. The van der Waals surface area contributed by atoms with E-state index in [0.29, 0.717) is 24.5 Å². The number of carbonyl (C=O) groups is 3. The van der Waals surface area contributed by atoms with E-state index in [1.807, 2.05) is 0 Å². The van der Waals surface area contributed by atoms with Gasteiger partial charge < -0.3 is 20.7 Å². The van der Waals surface area contributed by atoms with Crippen LogP contribution in [0.25, 0.3) is 0 Å². The maximum Gasteiger partial charge on any atom is 0.414 e. The van der Waals surface area contributed by atoms with Crippen LogP contribution in [0.1, 0.15) is 6.92 Å². The Morgan fingerprint density at radius 2 is 2.10 bits per heavy atom. The third-order valence-electron chi connectivity index (χ3n) is 4.67. The van der Waals surface area contributed by atoms with Gasteiger partial charge in [-0.2, -0.15) is 0 Å². The number of ether oxygens (including phenoxy) is 1. The smallest absolute Gasteiger partial charge is 0.414 e. The molecule has 2 aliphatic heterocycles. The Hall–Kier alpha value is -2.92. The van der Waals surface area contributed by atoms with E-state index in [2.05, 4.69) is 5.32 Å². The first-order valence-corrected chi connectivity index (χ1v) is 9.29. The maximum absolute atomic E-state index is 14.8. The highest BCUT2D eigenvalue weighted by Crippen LogP contribution is 2.28. The van der Waals surface area contributed by atoms with Gasteiger partial charge in [0.25, 0.3) is 5.91 Å². The molecule has 2 fully saturated rings. The monoisotopic (exact) mass is 409 g/mol. The van der Waals surface area contributed by atoms with E-state index >= 15 is 0 Å². The van der Waals surface area contributed by atoms with Gasteiger partial charge in [-0.1, -0.05) is 0 Å². The maximum atomic E-state index is 14.8. The summed E-state index contributed by atoms with van der Waals surface area (Å²) in [5, 5.41) is 3.79. The molecule has 3 N–H and O–H groups in total. The molecule has 11 heteroatoms. The molecule has 2 saturated heterocycles. The first-order valence-electron chi connectivity index (χ1n) is 9.29. The van der Waals surface area contributed by atoms with Crippen molar-refractivity contribution in [2.24, 2.45) is 5.73 Å². The molecule has 1 aromatic carbocycles. The lowest BCUT2D eigenvalue weighted by molar-refractivity contribution is -0.180. The number of cyclic esters (lactones) is 1. The molecule has 3 rings (SSSR count). The molecule has 2 aliphatic rings. The highest BCUT2D eigenvalue weighted by atomic mass is 19.1. The summed E-state index contributed by atoms with van der Waals surface area (Å²) >= 11 is 0. The van der Waals surface area contributed by atoms with Crippen molar-refractivity contribution in [2.75, 3.05) is 55.7 Å². The molecule has 0 bridgehead atoms. The Morgan fingerprint density at radius 3 is 2.79 bits per heavy atom. The molecule has 158 valence electrons. The van der Waals surface area contributed by atoms with Gasteiger partial charge in [-0.25, -0.2) is 14.2 Å². The molecule has 0 radical (unpaired) electrons. The van der Waals surface area contributed by atoms with Gasteiger partial charge in [0.2, 0.25) is 5.91 Å². The molecule has 3 amide bonds. The minimum atomic E-state index is -0.591. The number of benzene rings is 1. The molecule has 0 saturated carbocycles. The molecule has 29 heavy (non-hydrogen) atoms. The Balaban J connectivity index is 1.66. The van der Waals surface area contributed by atoms with E-state index in [9.17, 15) is 18.8 Å². The van der Waals surface area contributed by atoms with Gasteiger partial charge in [0.15, 0.2) is 0 Å². The zero-order valence-corrected chi connectivity index (χ0v) is 16.1. The van der Waals surface area contributed by atoms with Gasteiger partial charge in [-0.05, 0) is 18.2 Å². The number of anilines is 2. The van der Waals surface area contributed by atoms with Crippen molar-refractivity contribution in [3.05, 3.63) is 24.0 Å². The van der Waals surface area contributed by atoms with Gasteiger partial charge in [-0.15, -0.1) is 0 Å². The van der Waals surface area contributed by atoms with Crippen molar-refractivity contribution in [1.82, 2.24) is 10.4 Å². The summed E-state index contributed by atoms with van der Waals surface area (Å²) in [6.45, 7) is 2.90. The fraction of sp³-hybridized carbons (Fsp3) is 0.500. The predicted octanol–water partition coefficient (Wildman–Crippen LogP) is -0.174. The molecular formula is C18H24FN5O5. The number of halogens is 1. The predicted molar refractivity (Wildman–Crippen MR) is 102 cm³/mol. The van der Waals surface area contributed by atoms with Crippen LogP contribution < -0.4 is 20.9 Å². The van der Waals surface area contributed by atoms with E-state index in [1.165, 1.54) is 23.0 Å². The zero-order chi connectivity index (χ0) is 21.0. The van der Waals surface area contributed by atoms with E-state index in [0.717, 1.165) is 0 Å². The number of nitrogens with two attached hydrogens (primary N) is 1. The number of rotatable bonds is 5. The Labute approximate surface area is 167 Å². The SMILES string of the molecule is CC(=O)NCC1CN(c2ccc(N3CCON(C(=O)CN)CC3)c(F)c2)C(=O)O1. The van der Waals surface area contributed by atoms with Crippen LogP contribution in [0, 0.1) is 5.82 Å². The first-order chi connectivity index (χ1) is 13.9. The Bertz CT molecular complexity index is 792. The average molecular weight is 409 g/mol. The zero-order valence-electron chi connectivity index (χ0n) is 16.1. The van der Waals surface area contributed by atoms with Gasteiger partial charge in [0, 0.05) is 20.0 Å². The van der Waals surface area contributed by atoms with Gasteiger partial charge in [-0.3, -0.25) is 19.3 Å². The van der Waals surface area contributed by atoms with E-state index in [-0.39, 0.29) is 44.6 Å². The van der Waals surface area contributed by atoms with Crippen molar-refractivity contribution >= 4 is 29.3 Å². The lowest BCUT2D eigenvalue weighted by atomic mass is 10.2. The number of hydroxylamine groups is 2. The summed E-state index contributed by atoms with van der Waals surface area (Å²) in [5.41, 5.74) is 6.06. The van der Waals surface area contributed by atoms with Gasteiger partial charge in [0.05, 0.1) is 44.2 Å². The second-order valence-electron chi connectivity index (χ2n) is 6.71. The molecule has 10 nitrogen and oxygen atoms in total. The molecule has 1 atom stereocenters. The molecule has 1 unspecified atom stereocenters. The summed E-state index contributed by atoms with van der Waals surface area (Å²) in [6, 6.07) is 4.49. The van der Waals surface area contributed by atoms with Crippen molar-refractivity contribution in [3.63, 3.8) is 0 Å². The van der Waals surface area contributed by atoms with Crippen LogP contribution in [-0.2, 0) is 19.2 Å². The number of carbonyl (C=O) groups excluding carboxylic acids is 3. The summed E-state index contributed by atoms with van der Waals surface area (Å²) in [6.07, 6.45) is -1.09. The number of nitrogens with zero attached hydrogens (tertiary/aromatic N) is 3. The summed E-state index contributed by atoms with van der Waals surface area (Å²) in [4.78, 5) is 43.2. The van der Waals surface area contributed by atoms with Crippen LogP contribution in [0.15, 0.2) is 18.2 Å². The lowest BCUT2D eigenvalue weighted by Crippen LogP contribution is -2.38. The number of hydrogen-bond donors (Lipinski definition) is 2. The van der Waals surface area contributed by atoms with Crippen LogP contribution >= 0.6 is 0 Å². The van der Waals surface area contributed by atoms with Gasteiger partial charge >= 0.3 is 6.09 Å². The minimum absolute atomic E-state index is 0.155. The number of hydrogen-bond acceptors (Lipinski definition) is 7. The molecule has 0 aliphatic carbocycles. The normalized spacial score (nSPS) is 19.8. The summed E-state index contributed by atoms with van der Waals surface area (Å²) in [5.74, 6) is -1.05. The fourth-order valence-electron chi connectivity index (χ4n) is 3.20. The lowest BCUT2D eigenvalue weighted by Gasteiger charge is -2.23. The number of amides is 3. The quantitative estimate of drug-likeness (QED) is 0.693. The van der Waals surface area contributed by atoms with E-state index in [4.69, 9.17) is 15.3 Å². The Kier molecular flexibility index (Phi) is 6.49. The molecule has 2 heterocycles. The van der Waals surface area contributed by atoms with Crippen LogP contribution in [0.2, 0.25) is 0 Å². The van der Waals surface area contributed by atoms with Crippen molar-refractivity contribution < 1.29 is 28.3 Å². The third-order valence-corrected chi connectivity index (χ3v) is 4.67. The second kappa shape index (κ2) is 9.05. The summed E-state index contributed by atoms with van der Waals surface area (Å²) in [7, 11) is 0. The summed E-state index contributed by atoms with van der Waals surface area (Å²) < 4.78 is 20.0. The van der Waals surface area contributed by atoms with Crippen molar-refractivity contribution in [2.45, 2.75) is 13.0 Å².